The Morgan fingerprint density at radius 2 is 2.31 bits per heavy atom. The maximum atomic E-state index is 9.30. The van der Waals surface area contributed by atoms with E-state index in [1.807, 2.05) is 19.9 Å². The summed E-state index contributed by atoms with van der Waals surface area (Å²) in [5, 5.41) is 9.30. The summed E-state index contributed by atoms with van der Waals surface area (Å²) >= 11 is 0. The largest absolute Gasteiger partial charge is 0.394 e. The standard InChI is InChI=1S/C11H17N3O2/c1-8-5-11(13-9(2)12-8)14-3-4-16-7-10(14)6-15/h5,10,15H,3-4,6-7H2,1-2H3. The van der Waals surface area contributed by atoms with E-state index in [0.717, 1.165) is 23.9 Å². The minimum atomic E-state index is 0.00227. The van der Waals surface area contributed by atoms with Gasteiger partial charge in [0, 0.05) is 18.3 Å². The van der Waals surface area contributed by atoms with Gasteiger partial charge in [0.25, 0.3) is 0 Å². The van der Waals surface area contributed by atoms with Crippen LogP contribution in [-0.4, -0.2) is 47.5 Å². The Labute approximate surface area is 95.1 Å². The quantitative estimate of drug-likeness (QED) is 0.781. The lowest BCUT2D eigenvalue weighted by atomic mass is 10.2. The van der Waals surface area contributed by atoms with Crippen LogP contribution in [-0.2, 0) is 4.74 Å². The van der Waals surface area contributed by atoms with Crippen LogP contribution >= 0.6 is 0 Å². The Morgan fingerprint density at radius 1 is 1.50 bits per heavy atom. The van der Waals surface area contributed by atoms with Crippen molar-refractivity contribution in [3.05, 3.63) is 17.6 Å². The highest BCUT2D eigenvalue weighted by molar-refractivity contribution is 5.41. The van der Waals surface area contributed by atoms with Crippen LogP contribution in [0.2, 0.25) is 0 Å². The van der Waals surface area contributed by atoms with Gasteiger partial charge in [-0.3, -0.25) is 0 Å². The lowest BCUT2D eigenvalue weighted by Crippen LogP contribution is -2.48. The summed E-state index contributed by atoms with van der Waals surface area (Å²) < 4.78 is 5.34. The number of hydrogen-bond donors (Lipinski definition) is 1. The van der Waals surface area contributed by atoms with E-state index >= 15 is 0 Å². The smallest absolute Gasteiger partial charge is 0.132 e. The molecule has 1 saturated heterocycles. The molecule has 1 aliphatic heterocycles. The van der Waals surface area contributed by atoms with E-state index in [0.29, 0.717) is 13.2 Å². The van der Waals surface area contributed by atoms with Crippen molar-refractivity contribution in [2.75, 3.05) is 31.3 Å². The SMILES string of the molecule is Cc1cc(N2CCOCC2CO)nc(C)n1. The number of morpholine rings is 1. The molecule has 1 aromatic heterocycles. The van der Waals surface area contributed by atoms with Gasteiger partial charge in [0.05, 0.1) is 25.9 Å². The van der Waals surface area contributed by atoms with Gasteiger partial charge in [0.2, 0.25) is 0 Å². The molecule has 0 aliphatic carbocycles. The molecule has 0 spiro atoms. The molecule has 0 saturated carbocycles. The summed E-state index contributed by atoms with van der Waals surface area (Å²) in [5.74, 6) is 1.64. The Hall–Kier alpha value is -1.20. The minimum absolute atomic E-state index is 0.00227. The van der Waals surface area contributed by atoms with Gasteiger partial charge < -0.3 is 14.7 Å². The zero-order valence-electron chi connectivity index (χ0n) is 9.68. The summed E-state index contributed by atoms with van der Waals surface area (Å²) in [4.78, 5) is 10.7. The number of ether oxygens (including phenoxy) is 1. The molecule has 1 unspecified atom stereocenters. The summed E-state index contributed by atoms with van der Waals surface area (Å²) in [6.07, 6.45) is 0. The highest BCUT2D eigenvalue weighted by atomic mass is 16.5. The minimum Gasteiger partial charge on any atom is -0.394 e. The maximum absolute atomic E-state index is 9.30. The molecule has 5 heteroatoms. The first-order chi connectivity index (χ1) is 7.70. The molecule has 0 bridgehead atoms. The molecule has 0 radical (unpaired) electrons. The van der Waals surface area contributed by atoms with Crippen molar-refractivity contribution < 1.29 is 9.84 Å². The van der Waals surface area contributed by atoms with Crippen LogP contribution in [0.25, 0.3) is 0 Å². The molecule has 1 atom stereocenters. The van der Waals surface area contributed by atoms with E-state index in [1.54, 1.807) is 0 Å². The molecule has 16 heavy (non-hydrogen) atoms. The van der Waals surface area contributed by atoms with Crippen LogP contribution in [0.1, 0.15) is 11.5 Å². The first-order valence-electron chi connectivity index (χ1n) is 5.48. The van der Waals surface area contributed by atoms with Crippen molar-refractivity contribution in [1.29, 1.82) is 0 Å². The van der Waals surface area contributed by atoms with Gasteiger partial charge in [-0.15, -0.1) is 0 Å². The number of aliphatic hydroxyl groups is 1. The average molecular weight is 223 g/mol. The third-order valence-electron chi connectivity index (χ3n) is 2.69. The second-order valence-electron chi connectivity index (χ2n) is 4.02. The molecule has 0 amide bonds. The molecule has 88 valence electrons. The van der Waals surface area contributed by atoms with Gasteiger partial charge >= 0.3 is 0 Å². The van der Waals surface area contributed by atoms with E-state index in [4.69, 9.17) is 4.74 Å². The number of aliphatic hydroxyl groups excluding tert-OH is 1. The number of aromatic nitrogens is 2. The summed E-state index contributed by atoms with van der Waals surface area (Å²) in [7, 11) is 0. The van der Waals surface area contributed by atoms with Crippen molar-refractivity contribution in [2.45, 2.75) is 19.9 Å². The van der Waals surface area contributed by atoms with Crippen molar-refractivity contribution in [3.8, 4) is 0 Å². The molecule has 1 aliphatic rings. The third-order valence-corrected chi connectivity index (χ3v) is 2.69. The molecular formula is C11H17N3O2. The second-order valence-corrected chi connectivity index (χ2v) is 4.02. The average Bonchev–Trinajstić information content (AvgIpc) is 2.27. The summed E-state index contributed by atoms with van der Waals surface area (Å²) in [6.45, 7) is 5.91. The Morgan fingerprint density at radius 3 is 3.00 bits per heavy atom. The van der Waals surface area contributed by atoms with Crippen LogP contribution < -0.4 is 4.90 Å². The van der Waals surface area contributed by atoms with E-state index in [2.05, 4.69) is 14.9 Å². The Balaban J connectivity index is 2.26. The summed E-state index contributed by atoms with van der Waals surface area (Å²) in [6, 6.07) is 1.95. The zero-order valence-corrected chi connectivity index (χ0v) is 9.68. The topological polar surface area (TPSA) is 58.5 Å². The monoisotopic (exact) mass is 223 g/mol. The fourth-order valence-electron chi connectivity index (χ4n) is 1.95. The normalized spacial score (nSPS) is 21.2. The molecule has 0 aromatic carbocycles. The molecule has 1 aromatic rings. The predicted molar refractivity (Wildman–Crippen MR) is 60.5 cm³/mol. The van der Waals surface area contributed by atoms with Gasteiger partial charge in [-0.1, -0.05) is 0 Å². The fourth-order valence-corrected chi connectivity index (χ4v) is 1.95. The number of nitrogens with zero attached hydrogens (tertiary/aromatic N) is 3. The van der Waals surface area contributed by atoms with Crippen LogP contribution in [0.3, 0.4) is 0 Å². The van der Waals surface area contributed by atoms with E-state index in [1.165, 1.54) is 0 Å². The summed E-state index contributed by atoms with van der Waals surface area (Å²) in [5.41, 5.74) is 0.950. The lowest BCUT2D eigenvalue weighted by Gasteiger charge is -2.35. The Bertz CT molecular complexity index is 350. The molecule has 5 nitrogen and oxygen atoms in total. The highest BCUT2D eigenvalue weighted by Gasteiger charge is 2.23. The number of hydrogen-bond acceptors (Lipinski definition) is 5. The van der Waals surface area contributed by atoms with Crippen molar-refractivity contribution in [1.82, 2.24) is 9.97 Å². The van der Waals surface area contributed by atoms with Crippen molar-refractivity contribution in [3.63, 3.8) is 0 Å². The van der Waals surface area contributed by atoms with E-state index in [9.17, 15) is 5.11 Å². The van der Waals surface area contributed by atoms with Crippen LogP contribution in [0.4, 0.5) is 5.82 Å². The number of anilines is 1. The lowest BCUT2D eigenvalue weighted by molar-refractivity contribution is 0.0722. The van der Waals surface area contributed by atoms with Gasteiger partial charge in [-0.2, -0.15) is 0 Å². The first kappa shape index (κ1) is 11.3. The van der Waals surface area contributed by atoms with Crippen molar-refractivity contribution in [2.24, 2.45) is 0 Å². The highest BCUT2D eigenvalue weighted by Crippen LogP contribution is 2.17. The second kappa shape index (κ2) is 4.76. The van der Waals surface area contributed by atoms with Gasteiger partial charge in [0.1, 0.15) is 11.6 Å². The fraction of sp³-hybridized carbons (Fsp3) is 0.636. The van der Waals surface area contributed by atoms with Crippen LogP contribution in [0.5, 0.6) is 0 Å². The molecule has 1 fully saturated rings. The zero-order chi connectivity index (χ0) is 11.5. The third kappa shape index (κ3) is 2.31. The van der Waals surface area contributed by atoms with Gasteiger partial charge in [-0.25, -0.2) is 9.97 Å². The number of aryl methyl sites for hydroxylation is 2. The Kier molecular flexibility index (Phi) is 3.36. The molecular weight excluding hydrogens is 206 g/mol. The van der Waals surface area contributed by atoms with Gasteiger partial charge in [0.15, 0.2) is 0 Å². The molecule has 2 rings (SSSR count). The van der Waals surface area contributed by atoms with Crippen LogP contribution in [0.15, 0.2) is 6.07 Å². The van der Waals surface area contributed by atoms with Crippen LogP contribution in [0, 0.1) is 13.8 Å². The number of rotatable bonds is 2. The predicted octanol–water partition coefficient (Wildman–Crippen LogP) is 0.291. The van der Waals surface area contributed by atoms with Gasteiger partial charge in [-0.05, 0) is 13.8 Å². The van der Waals surface area contributed by atoms with Crippen molar-refractivity contribution >= 4 is 5.82 Å². The van der Waals surface area contributed by atoms with E-state index < -0.39 is 0 Å². The molecule has 1 N–H and O–H groups in total. The van der Waals surface area contributed by atoms with E-state index in [-0.39, 0.29) is 12.6 Å². The molecule has 2 heterocycles. The first-order valence-corrected chi connectivity index (χ1v) is 5.48. The maximum Gasteiger partial charge on any atom is 0.132 e.